The summed E-state index contributed by atoms with van der Waals surface area (Å²) in [7, 11) is 0. The SMILES string of the molecule is O=C(Cc1ccc(Cl)s1)C1CCCN1c1nc2c(c(Nc3cc(C4CCCC4)[nH]n3)n1)CCC2. The van der Waals surface area contributed by atoms with Crippen LogP contribution in [0.1, 0.15) is 72.7 Å². The van der Waals surface area contributed by atoms with Gasteiger partial charge in [-0.3, -0.25) is 9.89 Å². The highest BCUT2D eigenvalue weighted by Crippen LogP contribution is 2.36. The predicted octanol–water partition coefficient (Wildman–Crippen LogP) is 5.59. The van der Waals surface area contributed by atoms with Crippen molar-refractivity contribution in [3.05, 3.63) is 44.4 Å². The fourth-order valence-corrected chi connectivity index (χ4v) is 6.79. The molecule has 0 bridgehead atoms. The minimum absolute atomic E-state index is 0.187. The smallest absolute Gasteiger partial charge is 0.228 e. The van der Waals surface area contributed by atoms with Gasteiger partial charge in [0.25, 0.3) is 0 Å². The Labute approximate surface area is 208 Å². The molecule has 2 N–H and O–H groups in total. The van der Waals surface area contributed by atoms with Gasteiger partial charge in [0.15, 0.2) is 11.6 Å². The van der Waals surface area contributed by atoms with E-state index >= 15 is 0 Å². The molecule has 1 unspecified atom stereocenters. The van der Waals surface area contributed by atoms with E-state index in [1.807, 2.05) is 12.1 Å². The first-order valence-corrected chi connectivity index (χ1v) is 13.6. The maximum absolute atomic E-state index is 13.2. The van der Waals surface area contributed by atoms with Crippen LogP contribution in [0.5, 0.6) is 0 Å². The molecule has 1 saturated heterocycles. The average molecular weight is 497 g/mol. The van der Waals surface area contributed by atoms with Crippen LogP contribution in [0.3, 0.4) is 0 Å². The first-order chi connectivity index (χ1) is 16.6. The molecule has 1 saturated carbocycles. The molecule has 1 aliphatic heterocycles. The quantitative estimate of drug-likeness (QED) is 0.443. The number of rotatable bonds is 7. The number of carbonyl (C=O) groups is 1. The minimum Gasteiger partial charge on any atom is -0.331 e. The van der Waals surface area contributed by atoms with Gasteiger partial charge >= 0.3 is 0 Å². The number of hydrogen-bond acceptors (Lipinski definition) is 7. The minimum atomic E-state index is -0.187. The van der Waals surface area contributed by atoms with Gasteiger partial charge in [0.1, 0.15) is 5.82 Å². The number of fused-ring (bicyclic) bond motifs is 1. The van der Waals surface area contributed by atoms with E-state index in [0.717, 1.165) is 65.2 Å². The lowest BCUT2D eigenvalue weighted by Crippen LogP contribution is -2.38. The number of hydrogen-bond donors (Lipinski definition) is 2. The van der Waals surface area contributed by atoms with Crippen LogP contribution in [0.2, 0.25) is 4.34 Å². The summed E-state index contributed by atoms with van der Waals surface area (Å²) in [6.07, 6.45) is 10.3. The zero-order valence-electron chi connectivity index (χ0n) is 19.1. The largest absolute Gasteiger partial charge is 0.331 e. The van der Waals surface area contributed by atoms with Crippen LogP contribution in [0.4, 0.5) is 17.6 Å². The molecule has 6 rings (SSSR count). The first-order valence-electron chi connectivity index (χ1n) is 12.4. The van der Waals surface area contributed by atoms with E-state index in [2.05, 4.69) is 26.5 Å². The summed E-state index contributed by atoms with van der Waals surface area (Å²) in [5.74, 6) is 3.11. The Morgan fingerprint density at radius 3 is 2.85 bits per heavy atom. The van der Waals surface area contributed by atoms with Gasteiger partial charge in [-0.2, -0.15) is 10.1 Å². The number of thiophene rings is 1. The molecule has 34 heavy (non-hydrogen) atoms. The highest BCUT2D eigenvalue weighted by Gasteiger charge is 2.34. The maximum Gasteiger partial charge on any atom is 0.228 e. The van der Waals surface area contributed by atoms with Crippen molar-refractivity contribution < 1.29 is 4.79 Å². The topological polar surface area (TPSA) is 86.8 Å². The van der Waals surface area contributed by atoms with Crippen molar-refractivity contribution in [1.82, 2.24) is 20.2 Å². The second kappa shape index (κ2) is 9.30. The van der Waals surface area contributed by atoms with E-state index < -0.39 is 0 Å². The lowest BCUT2D eigenvalue weighted by atomic mass is 10.0. The zero-order chi connectivity index (χ0) is 23.1. The van der Waals surface area contributed by atoms with Crippen molar-refractivity contribution in [3.63, 3.8) is 0 Å². The molecular formula is C25H29ClN6OS. The molecule has 1 atom stereocenters. The number of ketones is 1. The third-order valence-electron chi connectivity index (χ3n) is 7.42. The Balaban J connectivity index is 1.25. The highest BCUT2D eigenvalue weighted by molar-refractivity contribution is 7.16. The van der Waals surface area contributed by atoms with Crippen molar-refractivity contribution in [2.24, 2.45) is 0 Å². The number of H-pyrrole nitrogens is 1. The van der Waals surface area contributed by atoms with Gasteiger partial charge in [0.05, 0.1) is 16.1 Å². The average Bonchev–Trinajstić information content (AvgIpc) is 3.64. The van der Waals surface area contributed by atoms with E-state index in [0.29, 0.717) is 18.3 Å². The fourth-order valence-electron chi connectivity index (χ4n) is 5.70. The van der Waals surface area contributed by atoms with E-state index in [-0.39, 0.29) is 11.8 Å². The van der Waals surface area contributed by atoms with Crippen LogP contribution >= 0.6 is 22.9 Å². The highest BCUT2D eigenvalue weighted by atomic mass is 35.5. The van der Waals surface area contributed by atoms with Gasteiger partial charge in [-0.25, -0.2) is 4.98 Å². The molecule has 0 amide bonds. The summed E-state index contributed by atoms with van der Waals surface area (Å²) >= 11 is 7.54. The van der Waals surface area contributed by atoms with Crippen molar-refractivity contribution in [3.8, 4) is 0 Å². The third-order valence-corrected chi connectivity index (χ3v) is 8.65. The summed E-state index contributed by atoms with van der Waals surface area (Å²) in [4.78, 5) is 26.2. The standard InChI is InChI=1S/C25H29ClN6OS/c26-22-11-10-16(34-22)13-21(33)20-9-4-12-32(20)25-27-18-8-3-7-17(18)24(29-25)28-23-14-19(30-31-23)15-5-1-2-6-15/h10-11,14-15,20H,1-9,12-13H2,(H2,27,28,29,30,31). The molecule has 0 radical (unpaired) electrons. The van der Waals surface area contributed by atoms with E-state index in [4.69, 9.17) is 21.6 Å². The van der Waals surface area contributed by atoms with Gasteiger partial charge in [-0.05, 0) is 57.1 Å². The molecule has 4 heterocycles. The molecule has 0 spiro atoms. The number of aromatic nitrogens is 4. The molecule has 3 aromatic heterocycles. The Bertz CT molecular complexity index is 1200. The summed E-state index contributed by atoms with van der Waals surface area (Å²) in [6.45, 7) is 0.800. The Morgan fingerprint density at radius 1 is 1.15 bits per heavy atom. The summed E-state index contributed by atoms with van der Waals surface area (Å²) in [6, 6.07) is 5.75. The number of carbonyl (C=O) groups excluding carboxylic acids is 1. The molecular weight excluding hydrogens is 468 g/mol. The van der Waals surface area contributed by atoms with E-state index in [9.17, 15) is 4.79 Å². The second-order valence-electron chi connectivity index (χ2n) is 9.67. The molecule has 3 aliphatic rings. The summed E-state index contributed by atoms with van der Waals surface area (Å²) in [5.41, 5.74) is 3.50. The number of Topliss-reactive ketones (excluding diaryl/α,β-unsaturated/α-hetero) is 1. The number of aromatic amines is 1. The number of aryl methyl sites for hydroxylation is 1. The van der Waals surface area contributed by atoms with Gasteiger partial charge in [0.2, 0.25) is 5.95 Å². The molecule has 0 aromatic carbocycles. The number of anilines is 3. The lowest BCUT2D eigenvalue weighted by molar-refractivity contribution is -0.119. The predicted molar refractivity (Wildman–Crippen MR) is 136 cm³/mol. The number of halogens is 1. The molecule has 9 heteroatoms. The lowest BCUT2D eigenvalue weighted by Gasteiger charge is -2.25. The Hall–Kier alpha value is -2.45. The Morgan fingerprint density at radius 2 is 2.03 bits per heavy atom. The van der Waals surface area contributed by atoms with Crippen molar-refractivity contribution >= 4 is 46.3 Å². The van der Waals surface area contributed by atoms with Crippen LogP contribution < -0.4 is 10.2 Å². The third kappa shape index (κ3) is 4.33. The summed E-state index contributed by atoms with van der Waals surface area (Å²) in [5, 5.41) is 11.2. The monoisotopic (exact) mass is 496 g/mol. The second-order valence-corrected chi connectivity index (χ2v) is 11.5. The van der Waals surface area contributed by atoms with Gasteiger partial charge in [-0.1, -0.05) is 24.4 Å². The van der Waals surface area contributed by atoms with Crippen molar-refractivity contribution in [2.45, 2.75) is 76.2 Å². The van der Waals surface area contributed by atoms with Gasteiger partial charge < -0.3 is 10.2 Å². The molecule has 7 nitrogen and oxygen atoms in total. The van der Waals surface area contributed by atoms with E-state index in [1.54, 1.807) is 0 Å². The van der Waals surface area contributed by atoms with E-state index in [1.165, 1.54) is 48.3 Å². The first kappa shape index (κ1) is 22.0. The van der Waals surface area contributed by atoms with Crippen LogP contribution in [0.25, 0.3) is 0 Å². The number of nitrogens with one attached hydrogen (secondary N) is 2. The molecule has 3 aromatic rings. The van der Waals surface area contributed by atoms with Crippen LogP contribution in [0, 0.1) is 0 Å². The van der Waals surface area contributed by atoms with Gasteiger partial charge in [-0.15, -0.1) is 11.3 Å². The van der Waals surface area contributed by atoms with Crippen molar-refractivity contribution in [1.29, 1.82) is 0 Å². The molecule has 2 fully saturated rings. The van der Waals surface area contributed by atoms with Crippen LogP contribution in [-0.4, -0.2) is 38.5 Å². The molecule has 178 valence electrons. The fraction of sp³-hybridized carbons (Fsp3) is 0.520. The van der Waals surface area contributed by atoms with Gasteiger partial charge in [0, 0.05) is 41.1 Å². The Kier molecular flexibility index (Phi) is 6.03. The number of nitrogens with zero attached hydrogens (tertiary/aromatic N) is 4. The zero-order valence-corrected chi connectivity index (χ0v) is 20.7. The normalized spacial score (nSPS) is 20.3. The molecule has 2 aliphatic carbocycles. The van der Waals surface area contributed by atoms with Crippen LogP contribution in [-0.2, 0) is 24.1 Å². The summed E-state index contributed by atoms with van der Waals surface area (Å²) < 4.78 is 0.721. The maximum atomic E-state index is 13.2. The van der Waals surface area contributed by atoms with Crippen LogP contribution in [0.15, 0.2) is 18.2 Å². The van der Waals surface area contributed by atoms with Crippen molar-refractivity contribution in [2.75, 3.05) is 16.8 Å².